The molecular formula is C16H17NO3. The summed E-state index contributed by atoms with van der Waals surface area (Å²) in [5.41, 5.74) is 2.48. The second-order valence-corrected chi connectivity index (χ2v) is 4.26. The number of anilines is 1. The summed E-state index contributed by atoms with van der Waals surface area (Å²) in [5.74, 6) is 0.442. The third kappa shape index (κ3) is 3.51. The summed E-state index contributed by atoms with van der Waals surface area (Å²) in [6, 6.07) is 14.9. The van der Waals surface area contributed by atoms with Gasteiger partial charge in [0.2, 0.25) is 0 Å². The lowest BCUT2D eigenvalue weighted by molar-refractivity contribution is 0.0600. The molecule has 20 heavy (non-hydrogen) atoms. The summed E-state index contributed by atoms with van der Waals surface area (Å²) >= 11 is 0. The van der Waals surface area contributed by atoms with Gasteiger partial charge in [-0.3, -0.25) is 0 Å². The Morgan fingerprint density at radius 3 is 2.55 bits per heavy atom. The van der Waals surface area contributed by atoms with E-state index in [1.165, 1.54) is 7.11 Å². The summed E-state index contributed by atoms with van der Waals surface area (Å²) in [4.78, 5) is 11.4. The van der Waals surface area contributed by atoms with E-state index in [1.807, 2.05) is 43.4 Å². The first-order valence-corrected chi connectivity index (χ1v) is 6.31. The molecule has 0 bridgehead atoms. The van der Waals surface area contributed by atoms with Gasteiger partial charge in [0.15, 0.2) is 0 Å². The number of hydrogen-bond donors (Lipinski definition) is 1. The van der Waals surface area contributed by atoms with E-state index < -0.39 is 0 Å². The Kier molecular flexibility index (Phi) is 4.60. The molecule has 4 heteroatoms. The van der Waals surface area contributed by atoms with Crippen molar-refractivity contribution in [2.45, 2.75) is 6.61 Å². The Balaban J connectivity index is 2.01. The highest BCUT2D eigenvalue weighted by Crippen LogP contribution is 2.17. The minimum Gasteiger partial charge on any atom is -0.489 e. The van der Waals surface area contributed by atoms with Crippen molar-refractivity contribution >= 4 is 11.7 Å². The molecule has 104 valence electrons. The lowest BCUT2D eigenvalue weighted by atomic mass is 10.1. The van der Waals surface area contributed by atoms with Gasteiger partial charge in [-0.2, -0.15) is 0 Å². The number of rotatable bonds is 5. The fraction of sp³-hybridized carbons (Fsp3) is 0.188. The molecule has 0 radical (unpaired) electrons. The van der Waals surface area contributed by atoms with Crippen molar-refractivity contribution in [3.8, 4) is 5.75 Å². The second-order valence-electron chi connectivity index (χ2n) is 4.26. The Morgan fingerprint density at radius 1 is 1.15 bits per heavy atom. The fourth-order valence-corrected chi connectivity index (χ4v) is 1.79. The maximum absolute atomic E-state index is 11.4. The Morgan fingerprint density at radius 2 is 1.90 bits per heavy atom. The van der Waals surface area contributed by atoms with Gasteiger partial charge in [-0.1, -0.05) is 12.1 Å². The quantitative estimate of drug-likeness (QED) is 0.849. The highest BCUT2D eigenvalue weighted by atomic mass is 16.5. The highest BCUT2D eigenvalue weighted by Gasteiger charge is 2.05. The Labute approximate surface area is 118 Å². The van der Waals surface area contributed by atoms with E-state index in [-0.39, 0.29) is 5.97 Å². The lowest BCUT2D eigenvalue weighted by Crippen LogP contribution is -2.03. The molecule has 0 fully saturated rings. The number of carbonyl (C=O) groups excluding carboxylic acids is 1. The normalized spacial score (nSPS) is 9.90. The van der Waals surface area contributed by atoms with Crippen LogP contribution in [0.4, 0.5) is 5.69 Å². The summed E-state index contributed by atoms with van der Waals surface area (Å²) < 4.78 is 10.4. The number of carbonyl (C=O) groups is 1. The molecule has 0 unspecified atom stereocenters. The van der Waals surface area contributed by atoms with Gasteiger partial charge in [0.05, 0.1) is 12.7 Å². The zero-order valence-corrected chi connectivity index (χ0v) is 11.6. The summed E-state index contributed by atoms with van der Waals surface area (Å²) in [6.07, 6.45) is 0. The smallest absolute Gasteiger partial charge is 0.337 e. The van der Waals surface area contributed by atoms with Crippen LogP contribution >= 0.6 is 0 Å². The predicted octanol–water partition coefficient (Wildman–Crippen LogP) is 3.09. The van der Waals surface area contributed by atoms with Crippen molar-refractivity contribution < 1.29 is 14.3 Å². The SMILES string of the molecule is CNc1ccc(OCc2cccc(C(=O)OC)c2)cc1. The van der Waals surface area contributed by atoms with E-state index in [2.05, 4.69) is 5.32 Å². The average molecular weight is 271 g/mol. The Hall–Kier alpha value is -2.49. The topological polar surface area (TPSA) is 47.6 Å². The van der Waals surface area contributed by atoms with Crippen LogP contribution in [0, 0.1) is 0 Å². The van der Waals surface area contributed by atoms with Crippen LogP contribution in [0.25, 0.3) is 0 Å². The molecule has 4 nitrogen and oxygen atoms in total. The molecule has 0 spiro atoms. The van der Waals surface area contributed by atoms with Gasteiger partial charge in [-0.05, 0) is 42.0 Å². The molecule has 0 saturated heterocycles. The van der Waals surface area contributed by atoms with E-state index in [4.69, 9.17) is 9.47 Å². The summed E-state index contributed by atoms with van der Waals surface area (Å²) in [7, 11) is 3.24. The summed E-state index contributed by atoms with van der Waals surface area (Å²) in [6.45, 7) is 0.406. The van der Waals surface area contributed by atoms with Gasteiger partial charge < -0.3 is 14.8 Å². The second kappa shape index (κ2) is 6.61. The molecule has 0 aliphatic heterocycles. The van der Waals surface area contributed by atoms with Gasteiger partial charge in [-0.25, -0.2) is 4.79 Å². The van der Waals surface area contributed by atoms with Crippen LogP contribution in [-0.4, -0.2) is 20.1 Å². The minimum atomic E-state index is -0.342. The zero-order valence-electron chi connectivity index (χ0n) is 11.6. The first-order valence-electron chi connectivity index (χ1n) is 6.31. The number of hydrogen-bond acceptors (Lipinski definition) is 4. The van der Waals surface area contributed by atoms with Crippen LogP contribution in [0.2, 0.25) is 0 Å². The maximum Gasteiger partial charge on any atom is 0.337 e. The van der Waals surface area contributed by atoms with Crippen molar-refractivity contribution in [3.05, 3.63) is 59.7 Å². The number of nitrogens with one attached hydrogen (secondary N) is 1. The van der Waals surface area contributed by atoms with Gasteiger partial charge in [0, 0.05) is 12.7 Å². The molecule has 0 atom stereocenters. The molecular weight excluding hydrogens is 254 g/mol. The van der Waals surface area contributed by atoms with Crippen molar-refractivity contribution in [2.75, 3.05) is 19.5 Å². The van der Waals surface area contributed by atoms with Crippen LogP contribution in [0.15, 0.2) is 48.5 Å². The van der Waals surface area contributed by atoms with Crippen LogP contribution in [0.3, 0.4) is 0 Å². The fourth-order valence-electron chi connectivity index (χ4n) is 1.79. The molecule has 2 aromatic carbocycles. The molecule has 2 aromatic rings. The van der Waals surface area contributed by atoms with Gasteiger partial charge in [0.1, 0.15) is 12.4 Å². The monoisotopic (exact) mass is 271 g/mol. The molecule has 0 heterocycles. The number of benzene rings is 2. The standard InChI is InChI=1S/C16H17NO3/c1-17-14-6-8-15(9-7-14)20-11-12-4-3-5-13(10-12)16(18)19-2/h3-10,17H,11H2,1-2H3. The van der Waals surface area contributed by atoms with Crippen molar-refractivity contribution in [2.24, 2.45) is 0 Å². The van der Waals surface area contributed by atoms with Gasteiger partial charge >= 0.3 is 5.97 Å². The first kappa shape index (κ1) is 13.9. The third-order valence-electron chi connectivity index (χ3n) is 2.90. The van der Waals surface area contributed by atoms with Gasteiger partial charge in [0.25, 0.3) is 0 Å². The molecule has 0 aromatic heterocycles. The molecule has 0 aliphatic rings. The van der Waals surface area contributed by atoms with Crippen molar-refractivity contribution in [1.82, 2.24) is 0 Å². The van der Waals surface area contributed by atoms with E-state index in [9.17, 15) is 4.79 Å². The number of ether oxygens (including phenoxy) is 2. The molecule has 0 aliphatic carbocycles. The molecule has 0 amide bonds. The zero-order chi connectivity index (χ0) is 14.4. The third-order valence-corrected chi connectivity index (χ3v) is 2.90. The van der Waals surface area contributed by atoms with Crippen LogP contribution in [0.5, 0.6) is 5.75 Å². The average Bonchev–Trinajstić information content (AvgIpc) is 2.53. The maximum atomic E-state index is 11.4. The number of methoxy groups -OCH3 is 1. The van der Waals surface area contributed by atoms with E-state index >= 15 is 0 Å². The Bertz CT molecular complexity index is 579. The van der Waals surface area contributed by atoms with Gasteiger partial charge in [-0.15, -0.1) is 0 Å². The van der Waals surface area contributed by atoms with Crippen molar-refractivity contribution in [1.29, 1.82) is 0 Å². The molecule has 1 N–H and O–H groups in total. The molecule has 2 rings (SSSR count). The van der Waals surface area contributed by atoms with Crippen LogP contribution in [-0.2, 0) is 11.3 Å². The largest absolute Gasteiger partial charge is 0.489 e. The van der Waals surface area contributed by atoms with Crippen molar-refractivity contribution in [3.63, 3.8) is 0 Å². The van der Waals surface area contributed by atoms with E-state index in [1.54, 1.807) is 12.1 Å². The van der Waals surface area contributed by atoms with Crippen LogP contribution < -0.4 is 10.1 Å². The molecule has 0 saturated carbocycles. The summed E-state index contributed by atoms with van der Waals surface area (Å²) in [5, 5.41) is 3.05. The first-order chi connectivity index (χ1) is 9.72. The highest BCUT2D eigenvalue weighted by molar-refractivity contribution is 5.89. The van der Waals surface area contributed by atoms with Crippen LogP contribution in [0.1, 0.15) is 15.9 Å². The predicted molar refractivity (Wildman–Crippen MR) is 78.1 cm³/mol. The number of esters is 1. The minimum absolute atomic E-state index is 0.342. The van der Waals surface area contributed by atoms with E-state index in [0.29, 0.717) is 12.2 Å². The van der Waals surface area contributed by atoms with E-state index in [0.717, 1.165) is 17.0 Å². The lowest BCUT2D eigenvalue weighted by Gasteiger charge is -2.08.